The maximum absolute atomic E-state index is 12.3. The molecule has 1 aromatic carbocycles. The Hall–Kier alpha value is -1.63. The van der Waals surface area contributed by atoms with Crippen LogP contribution >= 0.6 is 0 Å². The average molecular weight is 334 g/mol. The van der Waals surface area contributed by atoms with Gasteiger partial charge in [-0.15, -0.1) is 0 Å². The summed E-state index contributed by atoms with van der Waals surface area (Å²) >= 11 is 0. The van der Waals surface area contributed by atoms with Crippen LogP contribution < -0.4 is 10.6 Å². The topological polar surface area (TPSA) is 56.8 Å². The van der Waals surface area contributed by atoms with Crippen molar-refractivity contribution in [3.05, 3.63) is 29.8 Å². The van der Waals surface area contributed by atoms with Crippen molar-refractivity contribution >= 4 is 11.6 Å². The summed E-state index contributed by atoms with van der Waals surface area (Å²) in [6.07, 6.45) is 0. The number of nitrogens with zero attached hydrogens (tertiary/aromatic N) is 2. The summed E-state index contributed by atoms with van der Waals surface area (Å²) in [5.41, 5.74) is 2.21. The summed E-state index contributed by atoms with van der Waals surface area (Å²) in [5, 5.41) is 6.41. The van der Waals surface area contributed by atoms with Crippen molar-refractivity contribution in [2.75, 3.05) is 58.8 Å². The van der Waals surface area contributed by atoms with Crippen LogP contribution in [0.2, 0.25) is 0 Å². The number of hydrogen-bond donors (Lipinski definition) is 2. The zero-order valence-corrected chi connectivity index (χ0v) is 15.0. The van der Waals surface area contributed by atoms with Crippen molar-refractivity contribution in [2.45, 2.75) is 19.5 Å². The lowest BCUT2D eigenvalue weighted by Gasteiger charge is -2.31. The number of anilines is 1. The molecule has 2 rings (SSSR count). The molecule has 0 radical (unpaired) electrons. The first kappa shape index (κ1) is 18.7. The van der Waals surface area contributed by atoms with Gasteiger partial charge in [0.1, 0.15) is 0 Å². The number of rotatable bonds is 8. The van der Waals surface area contributed by atoms with E-state index in [1.807, 2.05) is 6.92 Å². The normalized spacial score (nSPS) is 16.8. The van der Waals surface area contributed by atoms with E-state index in [9.17, 15) is 4.79 Å². The lowest BCUT2D eigenvalue weighted by atomic mass is 10.2. The van der Waals surface area contributed by atoms with E-state index in [1.54, 1.807) is 0 Å². The molecule has 1 atom stereocenters. The molecule has 0 bridgehead atoms. The zero-order valence-electron chi connectivity index (χ0n) is 15.0. The number of benzene rings is 1. The van der Waals surface area contributed by atoms with Crippen LogP contribution in [0.1, 0.15) is 12.5 Å². The van der Waals surface area contributed by atoms with Crippen LogP contribution in [-0.2, 0) is 16.1 Å². The number of ether oxygens (including phenoxy) is 1. The molecule has 1 aliphatic heterocycles. The second kappa shape index (κ2) is 9.61. The van der Waals surface area contributed by atoms with Gasteiger partial charge in [0.25, 0.3) is 0 Å². The van der Waals surface area contributed by atoms with Crippen molar-refractivity contribution in [3.63, 3.8) is 0 Å². The maximum atomic E-state index is 12.3. The van der Waals surface area contributed by atoms with Crippen LogP contribution in [0.15, 0.2) is 24.3 Å². The second-order valence-electron chi connectivity index (χ2n) is 6.47. The van der Waals surface area contributed by atoms with E-state index in [2.05, 4.69) is 58.8 Å². The Bertz CT molecular complexity index is 498. The minimum atomic E-state index is -0.110. The van der Waals surface area contributed by atoms with Gasteiger partial charge < -0.3 is 20.3 Å². The summed E-state index contributed by atoms with van der Waals surface area (Å²) in [7, 11) is 4.12. The van der Waals surface area contributed by atoms with E-state index in [0.29, 0.717) is 19.8 Å². The Morgan fingerprint density at radius 3 is 2.54 bits per heavy atom. The van der Waals surface area contributed by atoms with E-state index < -0.39 is 0 Å². The predicted molar refractivity (Wildman–Crippen MR) is 97.2 cm³/mol. The summed E-state index contributed by atoms with van der Waals surface area (Å²) in [5.74, 6) is 0.0742. The highest BCUT2D eigenvalue weighted by Crippen LogP contribution is 2.10. The Morgan fingerprint density at radius 1 is 1.25 bits per heavy atom. The fourth-order valence-corrected chi connectivity index (χ4v) is 2.63. The van der Waals surface area contributed by atoms with E-state index >= 15 is 0 Å². The molecule has 134 valence electrons. The van der Waals surface area contributed by atoms with Crippen LogP contribution in [0, 0.1) is 0 Å². The number of carbonyl (C=O) groups is 1. The molecule has 1 heterocycles. The van der Waals surface area contributed by atoms with E-state index in [1.165, 1.54) is 0 Å². The van der Waals surface area contributed by atoms with Crippen LogP contribution in [-0.4, -0.2) is 75.2 Å². The zero-order chi connectivity index (χ0) is 17.4. The van der Waals surface area contributed by atoms with Gasteiger partial charge in [-0.1, -0.05) is 12.1 Å². The number of hydrogen-bond acceptors (Lipinski definition) is 5. The highest BCUT2D eigenvalue weighted by molar-refractivity contribution is 5.81. The molecular formula is C18H30N4O2. The van der Waals surface area contributed by atoms with Gasteiger partial charge in [0.2, 0.25) is 5.91 Å². The fourth-order valence-electron chi connectivity index (χ4n) is 2.63. The highest BCUT2D eigenvalue weighted by atomic mass is 16.5. The van der Waals surface area contributed by atoms with Crippen molar-refractivity contribution in [3.8, 4) is 0 Å². The van der Waals surface area contributed by atoms with Crippen LogP contribution in [0.5, 0.6) is 0 Å². The molecule has 1 aromatic rings. The first-order valence-electron chi connectivity index (χ1n) is 8.63. The molecule has 1 fully saturated rings. The van der Waals surface area contributed by atoms with Crippen molar-refractivity contribution < 1.29 is 9.53 Å². The van der Waals surface area contributed by atoms with Crippen molar-refractivity contribution in [2.24, 2.45) is 0 Å². The minimum absolute atomic E-state index is 0.0742. The molecule has 24 heavy (non-hydrogen) atoms. The molecule has 0 spiro atoms. The molecule has 1 amide bonds. The lowest BCUT2D eigenvalue weighted by molar-refractivity contribution is -0.127. The number of amides is 1. The monoisotopic (exact) mass is 334 g/mol. The molecule has 1 saturated heterocycles. The summed E-state index contributed by atoms with van der Waals surface area (Å²) in [4.78, 5) is 16.6. The largest absolute Gasteiger partial charge is 0.384 e. The van der Waals surface area contributed by atoms with Gasteiger partial charge in [0.15, 0.2) is 0 Å². The van der Waals surface area contributed by atoms with Gasteiger partial charge in [0, 0.05) is 38.4 Å². The van der Waals surface area contributed by atoms with E-state index in [0.717, 1.165) is 37.4 Å². The first-order valence-corrected chi connectivity index (χ1v) is 8.63. The molecule has 0 aliphatic carbocycles. The van der Waals surface area contributed by atoms with Crippen LogP contribution in [0.3, 0.4) is 0 Å². The fraction of sp³-hybridized carbons (Fsp3) is 0.611. The van der Waals surface area contributed by atoms with Crippen molar-refractivity contribution in [1.29, 1.82) is 0 Å². The Morgan fingerprint density at radius 2 is 1.92 bits per heavy atom. The quantitative estimate of drug-likeness (QED) is 0.743. The minimum Gasteiger partial charge on any atom is -0.384 e. The highest BCUT2D eigenvalue weighted by Gasteiger charge is 2.22. The number of carbonyl (C=O) groups excluding carboxylic acids is 1. The van der Waals surface area contributed by atoms with Crippen molar-refractivity contribution in [1.82, 2.24) is 15.1 Å². The Kier molecular flexibility index (Phi) is 7.49. The number of morpholine rings is 1. The third kappa shape index (κ3) is 6.11. The smallest absolute Gasteiger partial charge is 0.237 e. The third-order valence-corrected chi connectivity index (χ3v) is 4.28. The van der Waals surface area contributed by atoms with Gasteiger partial charge >= 0.3 is 0 Å². The van der Waals surface area contributed by atoms with E-state index in [4.69, 9.17) is 4.74 Å². The summed E-state index contributed by atoms with van der Waals surface area (Å²) in [6, 6.07) is 8.11. The SMILES string of the molecule is CC(C(=O)NCc1ccc(NCCN(C)C)cc1)N1CCOCC1. The second-order valence-corrected chi connectivity index (χ2v) is 6.47. The molecule has 1 unspecified atom stereocenters. The lowest BCUT2D eigenvalue weighted by Crippen LogP contribution is -2.49. The predicted octanol–water partition coefficient (Wildman–Crippen LogP) is 0.997. The Labute approximate surface area is 145 Å². The number of likely N-dealkylation sites (N-methyl/N-ethyl adjacent to an activating group) is 1. The van der Waals surface area contributed by atoms with Gasteiger partial charge in [0.05, 0.1) is 19.3 Å². The standard InChI is InChI=1S/C18H30N4O2/c1-15(22-10-12-24-13-11-22)18(23)20-14-16-4-6-17(7-5-16)19-8-9-21(2)3/h4-7,15,19H,8-14H2,1-3H3,(H,20,23). The van der Waals surface area contributed by atoms with Gasteiger partial charge in [-0.05, 0) is 38.7 Å². The van der Waals surface area contributed by atoms with Gasteiger partial charge in [-0.2, -0.15) is 0 Å². The van der Waals surface area contributed by atoms with E-state index in [-0.39, 0.29) is 11.9 Å². The summed E-state index contributed by atoms with van der Waals surface area (Å²) in [6.45, 7) is 7.49. The van der Waals surface area contributed by atoms with Gasteiger partial charge in [-0.3, -0.25) is 9.69 Å². The Balaban J connectivity index is 1.73. The molecule has 2 N–H and O–H groups in total. The molecule has 6 heteroatoms. The maximum Gasteiger partial charge on any atom is 0.237 e. The average Bonchev–Trinajstić information content (AvgIpc) is 2.60. The van der Waals surface area contributed by atoms with Crippen LogP contribution in [0.25, 0.3) is 0 Å². The number of nitrogens with one attached hydrogen (secondary N) is 2. The molecule has 1 aliphatic rings. The van der Waals surface area contributed by atoms with Crippen LogP contribution in [0.4, 0.5) is 5.69 Å². The third-order valence-electron chi connectivity index (χ3n) is 4.28. The molecule has 0 aromatic heterocycles. The summed E-state index contributed by atoms with van der Waals surface area (Å²) < 4.78 is 5.33. The molecule has 6 nitrogen and oxygen atoms in total. The molecule has 0 saturated carbocycles. The van der Waals surface area contributed by atoms with Gasteiger partial charge in [-0.25, -0.2) is 0 Å². The first-order chi connectivity index (χ1) is 11.6. The molecular weight excluding hydrogens is 304 g/mol.